The zero-order valence-electron chi connectivity index (χ0n) is 11.0. The molecule has 0 amide bonds. The van der Waals surface area contributed by atoms with Crippen molar-refractivity contribution in [3.63, 3.8) is 0 Å². The van der Waals surface area contributed by atoms with Gasteiger partial charge in [-0.2, -0.15) is 0 Å². The third-order valence-electron chi connectivity index (χ3n) is 3.01. The summed E-state index contributed by atoms with van der Waals surface area (Å²) in [7, 11) is 0. The molecule has 0 radical (unpaired) electrons. The average Bonchev–Trinajstić information content (AvgIpc) is 2.44. The largest absolute Gasteiger partial charge is 0.310 e. The first-order chi connectivity index (χ1) is 9.61. The van der Waals surface area contributed by atoms with Gasteiger partial charge in [-0.05, 0) is 40.7 Å². The molecule has 0 bridgehead atoms. The summed E-state index contributed by atoms with van der Waals surface area (Å²) in [4.78, 5) is 4.27. The number of benzene rings is 1. The second kappa shape index (κ2) is 6.90. The van der Waals surface area contributed by atoms with Gasteiger partial charge < -0.3 is 5.32 Å². The minimum absolute atomic E-state index is 0.302. The molecule has 2 aromatic rings. The molecule has 2 nitrogen and oxygen atoms in total. The second-order valence-corrected chi connectivity index (χ2v) is 5.34. The zero-order valence-corrected chi connectivity index (χ0v) is 12.6. The first-order valence-electron chi connectivity index (χ1n) is 6.39. The van der Waals surface area contributed by atoms with Crippen LogP contribution in [0.1, 0.15) is 24.2 Å². The summed E-state index contributed by atoms with van der Waals surface area (Å²) in [5, 5.41) is 3.17. The van der Waals surface area contributed by atoms with E-state index in [4.69, 9.17) is 0 Å². The monoisotopic (exact) mass is 340 g/mol. The number of nitrogens with one attached hydrogen (secondary N) is 1. The van der Waals surface area contributed by atoms with Crippen LogP contribution in [0, 0.1) is 11.6 Å². The highest BCUT2D eigenvalue weighted by Gasteiger charge is 2.18. The van der Waals surface area contributed by atoms with Gasteiger partial charge in [0.25, 0.3) is 0 Å². The molecule has 1 heterocycles. The van der Waals surface area contributed by atoms with Gasteiger partial charge in [-0.25, -0.2) is 8.78 Å². The van der Waals surface area contributed by atoms with Gasteiger partial charge in [-0.1, -0.05) is 19.1 Å². The number of rotatable bonds is 5. The van der Waals surface area contributed by atoms with Gasteiger partial charge in [0.1, 0.15) is 0 Å². The Labute approximate surface area is 125 Å². The van der Waals surface area contributed by atoms with E-state index >= 15 is 0 Å². The van der Waals surface area contributed by atoms with Gasteiger partial charge in [0, 0.05) is 34.4 Å². The average molecular weight is 341 g/mol. The maximum Gasteiger partial charge on any atom is 0.163 e. The Bertz CT molecular complexity index is 573. The molecule has 1 unspecified atom stereocenters. The molecular weight excluding hydrogens is 326 g/mol. The Morgan fingerprint density at radius 2 is 2.05 bits per heavy atom. The Kier molecular flexibility index (Phi) is 5.20. The van der Waals surface area contributed by atoms with Crippen LogP contribution in [-0.4, -0.2) is 11.5 Å². The van der Waals surface area contributed by atoms with E-state index in [1.807, 2.05) is 19.1 Å². The summed E-state index contributed by atoms with van der Waals surface area (Å²) < 4.78 is 28.1. The minimum atomic E-state index is -0.825. The van der Waals surface area contributed by atoms with Crippen molar-refractivity contribution in [3.05, 3.63) is 63.9 Å². The summed E-state index contributed by atoms with van der Waals surface area (Å²) >= 11 is 3.32. The predicted molar refractivity (Wildman–Crippen MR) is 78.4 cm³/mol. The van der Waals surface area contributed by atoms with Crippen molar-refractivity contribution >= 4 is 15.9 Å². The zero-order chi connectivity index (χ0) is 14.5. The number of pyridine rings is 1. The van der Waals surface area contributed by atoms with Crippen molar-refractivity contribution in [2.24, 2.45) is 0 Å². The third kappa shape index (κ3) is 3.61. The molecule has 2 rings (SSSR count). The fourth-order valence-corrected chi connectivity index (χ4v) is 2.30. The number of aromatic nitrogens is 1. The maximum atomic E-state index is 13.9. The van der Waals surface area contributed by atoms with E-state index in [0.29, 0.717) is 18.5 Å². The molecule has 0 saturated carbocycles. The summed E-state index contributed by atoms with van der Waals surface area (Å²) in [6, 6.07) is 7.69. The summed E-state index contributed by atoms with van der Waals surface area (Å²) in [6.07, 6.45) is 2.20. The molecule has 0 fully saturated rings. The standard InChI is InChI=1S/C15H15BrF2N2/c1-2-19-14(8-11-7-6-10(16)9-20-11)12-4-3-5-13(17)15(12)18/h3-7,9,14,19H,2,8H2,1H3. The fourth-order valence-electron chi connectivity index (χ4n) is 2.06. The van der Waals surface area contributed by atoms with Crippen LogP contribution in [0.15, 0.2) is 41.0 Å². The van der Waals surface area contributed by atoms with Gasteiger partial charge in [0.2, 0.25) is 0 Å². The quantitative estimate of drug-likeness (QED) is 0.889. The van der Waals surface area contributed by atoms with E-state index in [2.05, 4.69) is 26.2 Å². The van der Waals surface area contributed by atoms with Crippen LogP contribution in [0.5, 0.6) is 0 Å². The summed E-state index contributed by atoms with van der Waals surface area (Å²) in [5.41, 5.74) is 1.15. The Morgan fingerprint density at radius 1 is 1.25 bits per heavy atom. The SMILES string of the molecule is CCNC(Cc1ccc(Br)cn1)c1cccc(F)c1F. The lowest BCUT2D eigenvalue weighted by Crippen LogP contribution is -2.24. The summed E-state index contributed by atoms with van der Waals surface area (Å²) in [5.74, 6) is -1.62. The first kappa shape index (κ1) is 15.1. The molecule has 0 aliphatic rings. The van der Waals surface area contributed by atoms with E-state index in [-0.39, 0.29) is 6.04 Å². The molecule has 106 valence electrons. The highest BCUT2D eigenvalue weighted by molar-refractivity contribution is 9.10. The van der Waals surface area contributed by atoms with Crippen LogP contribution < -0.4 is 5.32 Å². The van der Waals surface area contributed by atoms with Crippen LogP contribution in [0.25, 0.3) is 0 Å². The Hall–Kier alpha value is -1.33. The van der Waals surface area contributed by atoms with Gasteiger partial charge >= 0.3 is 0 Å². The number of halogens is 3. The van der Waals surface area contributed by atoms with Crippen LogP contribution in [0.3, 0.4) is 0 Å². The molecule has 1 aromatic heterocycles. The molecule has 20 heavy (non-hydrogen) atoms. The third-order valence-corrected chi connectivity index (χ3v) is 3.48. The van der Waals surface area contributed by atoms with Crippen LogP contribution in [0.4, 0.5) is 8.78 Å². The Morgan fingerprint density at radius 3 is 2.70 bits per heavy atom. The minimum Gasteiger partial charge on any atom is -0.310 e. The van der Waals surface area contributed by atoms with Crippen molar-refractivity contribution in [1.29, 1.82) is 0 Å². The van der Waals surface area contributed by atoms with Crippen molar-refractivity contribution in [2.45, 2.75) is 19.4 Å². The van der Waals surface area contributed by atoms with Crippen molar-refractivity contribution < 1.29 is 8.78 Å². The molecule has 5 heteroatoms. The van der Waals surface area contributed by atoms with E-state index in [1.54, 1.807) is 12.3 Å². The first-order valence-corrected chi connectivity index (χ1v) is 7.18. The van der Waals surface area contributed by atoms with Crippen LogP contribution in [0.2, 0.25) is 0 Å². The van der Waals surface area contributed by atoms with Crippen LogP contribution in [-0.2, 0) is 6.42 Å². The molecule has 0 aliphatic heterocycles. The molecule has 1 aromatic carbocycles. The molecule has 1 atom stereocenters. The van der Waals surface area contributed by atoms with E-state index < -0.39 is 11.6 Å². The topological polar surface area (TPSA) is 24.9 Å². The lowest BCUT2D eigenvalue weighted by atomic mass is 10.0. The van der Waals surface area contributed by atoms with Crippen LogP contribution >= 0.6 is 15.9 Å². The fraction of sp³-hybridized carbons (Fsp3) is 0.267. The maximum absolute atomic E-state index is 13.9. The van der Waals surface area contributed by atoms with Gasteiger partial charge in [-0.3, -0.25) is 4.98 Å². The van der Waals surface area contributed by atoms with Crippen molar-refractivity contribution in [3.8, 4) is 0 Å². The van der Waals surface area contributed by atoms with E-state index in [9.17, 15) is 8.78 Å². The molecule has 1 N–H and O–H groups in total. The molecular formula is C15H15BrF2N2. The highest BCUT2D eigenvalue weighted by Crippen LogP contribution is 2.22. The van der Waals surface area contributed by atoms with Crippen molar-refractivity contribution in [1.82, 2.24) is 10.3 Å². The normalized spacial score (nSPS) is 12.4. The molecule has 0 aliphatic carbocycles. The lowest BCUT2D eigenvalue weighted by Gasteiger charge is -2.19. The number of hydrogen-bond donors (Lipinski definition) is 1. The van der Waals surface area contributed by atoms with Gasteiger partial charge in [0.05, 0.1) is 0 Å². The summed E-state index contributed by atoms with van der Waals surface area (Å²) in [6.45, 7) is 2.59. The number of nitrogens with zero attached hydrogens (tertiary/aromatic N) is 1. The Balaban J connectivity index is 2.26. The smallest absolute Gasteiger partial charge is 0.163 e. The number of hydrogen-bond acceptors (Lipinski definition) is 2. The molecule has 0 spiro atoms. The highest BCUT2D eigenvalue weighted by atomic mass is 79.9. The predicted octanol–water partition coefficient (Wildman–Crippen LogP) is 4.02. The van der Waals surface area contributed by atoms with Gasteiger partial charge in [0.15, 0.2) is 11.6 Å². The number of likely N-dealkylation sites (N-methyl/N-ethyl adjacent to an activating group) is 1. The van der Waals surface area contributed by atoms with E-state index in [0.717, 1.165) is 16.2 Å². The van der Waals surface area contributed by atoms with Gasteiger partial charge in [-0.15, -0.1) is 0 Å². The molecule has 0 saturated heterocycles. The van der Waals surface area contributed by atoms with Crippen molar-refractivity contribution in [2.75, 3.05) is 6.54 Å². The van der Waals surface area contributed by atoms with E-state index in [1.165, 1.54) is 6.07 Å². The lowest BCUT2D eigenvalue weighted by molar-refractivity contribution is 0.463. The second-order valence-electron chi connectivity index (χ2n) is 4.43.